The Labute approximate surface area is 174 Å². The maximum Gasteiger partial charge on any atom is 0.128 e. The van der Waals surface area contributed by atoms with Crippen molar-refractivity contribution in [3.63, 3.8) is 0 Å². The summed E-state index contributed by atoms with van der Waals surface area (Å²) >= 11 is 21.8. The van der Waals surface area contributed by atoms with Crippen molar-refractivity contribution in [2.24, 2.45) is 0 Å². The van der Waals surface area contributed by atoms with E-state index in [4.69, 9.17) is 34.8 Å². The molecule has 0 fully saturated rings. The second-order valence-corrected chi connectivity index (χ2v) is 8.58. The zero-order valence-electron chi connectivity index (χ0n) is 13.2. The van der Waals surface area contributed by atoms with Gasteiger partial charge in [0.1, 0.15) is 16.2 Å². The number of thiophene rings is 1. The Hall–Kier alpha value is -1.30. The smallest absolute Gasteiger partial charge is 0.128 e. The van der Waals surface area contributed by atoms with Gasteiger partial charge in [0.2, 0.25) is 0 Å². The number of fused-ring (bicyclic) bond motifs is 1. The molecular weight excluding hydrogens is 427 g/mol. The van der Waals surface area contributed by atoms with Crippen LogP contribution in [0.5, 0.6) is 0 Å². The Morgan fingerprint density at radius 1 is 0.962 bits per heavy atom. The first kappa shape index (κ1) is 18.1. The van der Waals surface area contributed by atoms with Crippen molar-refractivity contribution < 1.29 is 0 Å². The number of halogens is 3. The molecule has 2 nitrogen and oxygen atoms in total. The summed E-state index contributed by atoms with van der Waals surface area (Å²) in [6, 6.07) is 13.7. The lowest BCUT2D eigenvalue weighted by atomic mass is 10.1. The highest BCUT2D eigenvalue weighted by Gasteiger charge is 2.15. The summed E-state index contributed by atoms with van der Waals surface area (Å²) < 4.78 is 0. The van der Waals surface area contributed by atoms with E-state index in [1.54, 1.807) is 41.6 Å². The molecule has 0 aliphatic rings. The molecule has 2 aromatic heterocycles. The van der Waals surface area contributed by atoms with E-state index in [0.29, 0.717) is 20.8 Å². The summed E-state index contributed by atoms with van der Waals surface area (Å²) in [5.74, 6) is 0.602. The zero-order chi connectivity index (χ0) is 18.1. The lowest BCUT2D eigenvalue weighted by Gasteiger charge is -2.09. The molecule has 0 spiro atoms. The number of hydrogen-bond donors (Lipinski definition) is 0. The van der Waals surface area contributed by atoms with Crippen molar-refractivity contribution in [3.05, 3.63) is 74.8 Å². The van der Waals surface area contributed by atoms with Gasteiger partial charge in [0.25, 0.3) is 0 Å². The van der Waals surface area contributed by atoms with Crippen molar-refractivity contribution in [3.8, 4) is 11.1 Å². The molecule has 0 unspecified atom stereocenters. The third-order valence-corrected chi connectivity index (χ3v) is 6.67. The van der Waals surface area contributed by atoms with E-state index in [1.807, 2.05) is 18.2 Å². The average molecular weight is 438 g/mol. The van der Waals surface area contributed by atoms with Crippen LogP contribution in [-0.4, -0.2) is 9.97 Å². The third kappa shape index (κ3) is 3.57. The van der Waals surface area contributed by atoms with E-state index >= 15 is 0 Å². The quantitative estimate of drug-likeness (QED) is 0.243. The van der Waals surface area contributed by atoms with Gasteiger partial charge in [0.05, 0.1) is 5.39 Å². The minimum Gasteiger partial charge on any atom is -0.229 e. The number of benzene rings is 2. The van der Waals surface area contributed by atoms with E-state index < -0.39 is 0 Å². The molecule has 130 valence electrons. The Kier molecular flexibility index (Phi) is 5.39. The van der Waals surface area contributed by atoms with Crippen molar-refractivity contribution in [1.82, 2.24) is 9.97 Å². The van der Waals surface area contributed by atoms with Crippen LogP contribution in [0.1, 0.15) is 5.56 Å². The summed E-state index contributed by atoms with van der Waals surface area (Å²) in [5.41, 5.74) is 3.14. The number of aromatic nitrogens is 2. The highest BCUT2D eigenvalue weighted by molar-refractivity contribution is 7.98. The average Bonchev–Trinajstić information content (AvgIpc) is 3.06. The van der Waals surface area contributed by atoms with E-state index in [2.05, 4.69) is 27.5 Å². The van der Waals surface area contributed by atoms with Crippen molar-refractivity contribution in [1.29, 1.82) is 0 Å². The summed E-state index contributed by atoms with van der Waals surface area (Å²) in [6.07, 6.45) is 1.60. The van der Waals surface area contributed by atoms with E-state index in [0.717, 1.165) is 31.9 Å². The van der Waals surface area contributed by atoms with Crippen LogP contribution in [0.2, 0.25) is 15.1 Å². The van der Waals surface area contributed by atoms with Gasteiger partial charge in [-0.25, -0.2) is 9.97 Å². The monoisotopic (exact) mass is 436 g/mol. The van der Waals surface area contributed by atoms with Gasteiger partial charge >= 0.3 is 0 Å². The molecular formula is C19H11Cl3N2S2. The molecule has 0 aliphatic heterocycles. The SMILES string of the molecule is Clc1cc(Cl)c(CSc2ncnc3scc(-c4ccccc4)c23)c(Cl)c1. The Bertz CT molecular complexity index is 1060. The first-order chi connectivity index (χ1) is 12.6. The predicted octanol–water partition coefficient (Wildman–Crippen LogP) is 7.61. The minimum absolute atomic E-state index is 0.530. The molecule has 0 saturated heterocycles. The van der Waals surface area contributed by atoms with Crippen molar-refractivity contribution in [2.75, 3.05) is 0 Å². The fourth-order valence-corrected chi connectivity index (χ4v) is 5.79. The lowest BCUT2D eigenvalue weighted by molar-refractivity contribution is 1.11. The molecule has 7 heteroatoms. The molecule has 0 radical (unpaired) electrons. The maximum absolute atomic E-state index is 6.31. The summed E-state index contributed by atoms with van der Waals surface area (Å²) in [4.78, 5) is 9.89. The van der Waals surface area contributed by atoms with Crippen molar-refractivity contribution in [2.45, 2.75) is 10.8 Å². The largest absolute Gasteiger partial charge is 0.229 e. The topological polar surface area (TPSA) is 25.8 Å². The van der Waals surface area contributed by atoms with E-state index in [9.17, 15) is 0 Å². The summed E-state index contributed by atoms with van der Waals surface area (Å²) in [5, 5.41) is 5.76. The normalized spacial score (nSPS) is 11.2. The molecule has 0 amide bonds. The van der Waals surface area contributed by atoms with Gasteiger partial charge in [-0.3, -0.25) is 0 Å². The highest BCUT2D eigenvalue weighted by atomic mass is 35.5. The van der Waals surface area contributed by atoms with Crippen LogP contribution in [0.3, 0.4) is 0 Å². The van der Waals surface area contributed by atoms with Gasteiger partial charge in [0, 0.05) is 31.8 Å². The van der Waals surface area contributed by atoms with Crippen LogP contribution in [0.4, 0.5) is 0 Å². The second kappa shape index (κ2) is 7.75. The molecule has 2 aromatic carbocycles. The predicted molar refractivity (Wildman–Crippen MR) is 114 cm³/mol. The molecule has 2 heterocycles. The number of nitrogens with zero attached hydrogens (tertiary/aromatic N) is 2. The molecule has 26 heavy (non-hydrogen) atoms. The van der Waals surface area contributed by atoms with Gasteiger partial charge in [-0.1, -0.05) is 65.1 Å². The van der Waals surface area contributed by atoms with Crippen LogP contribution in [0.25, 0.3) is 21.3 Å². The van der Waals surface area contributed by atoms with Crippen LogP contribution in [0, 0.1) is 0 Å². The standard InChI is InChI=1S/C19H11Cl3N2S2/c20-12-6-15(21)14(16(22)7-12)9-26-19-17-13(11-4-2-1-3-5-11)8-25-18(17)23-10-24-19/h1-8,10H,9H2. The van der Waals surface area contributed by atoms with Gasteiger partial charge < -0.3 is 0 Å². The Morgan fingerprint density at radius 3 is 2.42 bits per heavy atom. The number of thioether (sulfide) groups is 1. The number of rotatable bonds is 4. The van der Waals surface area contributed by atoms with Crippen LogP contribution in [-0.2, 0) is 5.75 Å². The minimum atomic E-state index is 0.530. The molecule has 0 aliphatic carbocycles. The van der Waals surface area contributed by atoms with E-state index in [1.165, 1.54) is 0 Å². The van der Waals surface area contributed by atoms with E-state index in [-0.39, 0.29) is 0 Å². The molecule has 0 bridgehead atoms. The van der Waals surface area contributed by atoms with Gasteiger partial charge in [-0.15, -0.1) is 23.1 Å². The fourth-order valence-electron chi connectivity index (χ4n) is 2.64. The molecule has 4 rings (SSSR count). The molecule has 0 atom stereocenters. The van der Waals surface area contributed by atoms with Crippen molar-refractivity contribution >= 4 is 68.1 Å². The fraction of sp³-hybridized carbons (Fsp3) is 0.0526. The van der Waals surface area contributed by atoms with Gasteiger partial charge in [0.15, 0.2) is 0 Å². The molecule has 0 N–H and O–H groups in total. The van der Waals surface area contributed by atoms with Crippen LogP contribution >= 0.6 is 57.9 Å². The lowest BCUT2D eigenvalue weighted by Crippen LogP contribution is -1.89. The van der Waals surface area contributed by atoms with Gasteiger partial charge in [-0.05, 0) is 23.3 Å². The number of hydrogen-bond acceptors (Lipinski definition) is 4. The maximum atomic E-state index is 6.31. The molecule has 4 aromatic rings. The third-order valence-electron chi connectivity index (χ3n) is 3.88. The second-order valence-electron chi connectivity index (χ2n) is 5.51. The first-order valence-electron chi connectivity index (χ1n) is 7.67. The van der Waals surface area contributed by atoms with Crippen LogP contribution in [0.15, 0.2) is 59.2 Å². The summed E-state index contributed by atoms with van der Waals surface area (Å²) in [6.45, 7) is 0. The van der Waals surface area contributed by atoms with Gasteiger partial charge in [-0.2, -0.15) is 0 Å². The Balaban J connectivity index is 1.73. The van der Waals surface area contributed by atoms with Crippen LogP contribution < -0.4 is 0 Å². The Morgan fingerprint density at radius 2 is 1.69 bits per heavy atom. The summed E-state index contributed by atoms with van der Waals surface area (Å²) in [7, 11) is 0. The molecule has 0 saturated carbocycles. The highest BCUT2D eigenvalue weighted by Crippen LogP contribution is 2.40. The first-order valence-corrected chi connectivity index (χ1v) is 10.7. The zero-order valence-corrected chi connectivity index (χ0v) is 17.1.